The highest BCUT2D eigenvalue weighted by Gasteiger charge is 2.18. The van der Waals surface area contributed by atoms with E-state index in [1.54, 1.807) is 0 Å². The van der Waals surface area contributed by atoms with E-state index in [1.807, 2.05) is 30.5 Å². The second kappa shape index (κ2) is 9.79. The van der Waals surface area contributed by atoms with Gasteiger partial charge < -0.3 is 9.13 Å². The van der Waals surface area contributed by atoms with Crippen LogP contribution in [0.3, 0.4) is 0 Å². The molecule has 0 saturated carbocycles. The molecule has 9 aromatic rings. The molecule has 6 aromatic carbocycles. The summed E-state index contributed by atoms with van der Waals surface area (Å²) in [6.45, 7) is 0. The molecule has 0 spiro atoms. The third kappa shape index (κ3) is 3.78. The van der Waals surface area contributed by atoms with Crippen LogP contribution in [0, 0.1) is 0 Å². The predicted octanol–water partition coefficient (Wildman–Crippen LogP) is 10.0. The van der Waals surface area contributed by atoms with Crippen LogP contribution in [0.15, 0.2) is 158 Å². The Morgan fingerprint density at radius 1 is 0.386 bits per heavy atom. The van der Waals surface area contributed by atoms with E-state index in [4.69, 9.17) is 4.98 Å². The summed E-state index contributed by atoms with van der Waals surface area (Å²) in [5.74, 6) is 0.718. The lowest BCUT2D eigenvalue weighted by atomic mass is 10.1. The van der Waals surface area contributed by atoms with E-state index >= 15 is 0 Å². The third-order valence-electron chi connectivity index (χ3n) is 8.59. The van der Waals surface area contributed by atoms with Gasteiger partial charge in [0.25, 0.3) is 0 Å². The van der Waals surface area contributed by atoms with E-state index in [-0.39, 0.29) is 0 Å². The smallest absolute Gasteiger partial charge is 0.159 e. The van der Waals surface area contributed by atoms with Gasteiger partial charge in [-0.25, -0.2) is 9.97 Å². The van der Waals surface area contributed by atoms with Gasteiger partial charge in [0.1, 0.15) is 0 Å². The molecular weight excluding hydrogens is 536 g/mol. The molecule has 3 aromatic heterocycles. The Balaban J connectivity index is 1.24. The van der Waals surface area contributed by atoms with E-state index in [1.165, 1.54) is 43.6 Å². The van der Waals surface area contributed by atoms with Crippen molar-refractivity contribution in [1.82, 2.24) is 19.1 Å². The molecule has 0 bridgehead atoms. The minimum Gasteiger partial charge on any atom is -0.309 e. The molecule has 9 rings (SSSR count). The van der Waals surface area contributed by atoms with Crippen LogP contribution < -0.4 is 0 Å². The number of hydrogen-bond acceptors (Lipinski definition) is 2. The van der Waals surface area contributed by atoms with Crippen molar-refractivity contribution in [3.8, 4) is 34.0 Å². The van der Waals surface area contributed by atoms with Crippen molar-refractivity contribution in [3.63, 3.8) is 0 Å². The summed E-state index contributed by atoms with van der Waals surface area (Å²) < 4.78 is 4.76. The second-order valence-corrected chi connectivity index (χ2v) is 11.1. The molecule has 0 aliphatic carbocycles. The van der Waals surface area contributed by atoms with E-state index in [0.29, 0.717) is 0 Å². The van der Waals surface area contributed by atoms with Gasteiger partial charge in [0.2, 0.25) is 0 Å². The molecule has 0 saturated heterocycles. The predicted molar refractivity (Wildman–Crippen MR) is 182 cm³/mol. The van der Waals surface area contributed by atoms with Crippen LogP contribution in [0.4, 0.5) is 0 Å². The second-order valence-electron chi connectivity index (χ2n) is 11.1. The van der Waals surface area contributed by atoms with Crippen molar-refractivity contribution in [3.05, 3.63) is 158 Å². The zero-order chi connectivity index (χ0) is 29.0. The first-order valence-corrected chi connectivity index (χ1v) is 14.8. The maximum atomic E-state index is 4.88. The summed E-state index contributed by atoms with van der Waals surface area (Å²) in [4.78, 5) is 9.47. The minimum absolute atomic E-state index is 0.718. The average molecular weight is 563 g/mol. The van der Waals surface area contributed by atoms with Crippen molar-refractivity contribution in [2.45, 2.75) is 0 Å². The molecule has 0 aliphatic rings. The zero-order valence-electron chi connectivity index (χ0n) is 23.8. The van der Waals surface area contributed by atoms with Crippen LogP contribution in [0.5, 0.6) is 0 Å². The van der Waals surface area contributed by atoms with Crippen molar-refractivity contribution in [2.24, 2.45) is 0 Å². The van der Waals surface area contributed by atoms with Crippen LogP contribution in [-0.4, -0.2) is 19.1 Å². The van der Waals surface area contributed by atoms with E-state index < -0.39 is 0 Å². The molecule has 0 N–H and O–H groups in total. The molecule has 0 atom stereocenters. The molecule has 4 heteroatoms. The number of nitrogens with zero attached hydrogens (tertiary/aromatic N) is 4. The van der Waals surface area contributed by atoms with E-state index in [9.17, 15) is 0 Å². The van der Waals surface area contributed by atoms with Crippen LogP contribution in [-0.2, 0) is 0 Å². The van der Waals surface area contributed by atoms with Gasteiger partial charge >= 0.3 is 0 Å². The molecular formula is C40H26N4. The average Bonchev–Trinajstić information content (AvgIpc) is 3.60. The molecule has 3 heterocycles. The fourth-order valence-electron chi connectivity index (χ4n) is 6.59. The topological polar surface area (TPSA) is 35.6 Å². The van der Waals surface area contributed by atoms with Gasteiger partial charge in [-0.3, -0.25) is 0 Å². The van der Waals surface area contributed by atoms with Crippen molar-refractivity contribution < 1.29 is 0 Å². The monoisotopic (exact) mass is 562 g/mol. The van der Waals surface area contributed by atoms with Gasteiger partial charge in [0.05, 0.1) is 27.8 Å². The highest BCUT2D eigenvalue weighted by atomic mass is 15.0. The molecule has 0 aliphatic heterocycles. The number of fused-ring (bicyclic) bond motifs is 6. The van der Waals surface area contributed by atoms with Crippen molar-refractivity contribution in [1.29, 1.82) is 0 Å². The Kier molecular flexibility index (Phi) is 5.47. The molecule has 0 unspecified atom stereocenters. The Morgan fingerprint density at radius 3 is 1.52 bits per heavy atom. The van der Waals surface area contributed by atoms with Crippen molar-refractivity contribution >= 4 is 43.6 Å². The van der Waals surface area contributed by atoms with Crippen LogP contribution >= 0.6 is 0 Å². The number of aromatic nitrogens is 4. The fraction of sp³-hybridized carbons (Fsp3) is 0. The molecule has 4 nitrogen and oxygen atoms in total. The number of para-hydroxylation sites is 3. The molecule has 0 radical (unpaired) electrons. The van der Waals surface area contributed by atoms with E-state index in [2.05, 4.69) is 142 Å². The number of rotatable bonds is 4. The first-order chi connectivity index (χ1) is 21.8. The lowest BCUT2D eigenvalue weighted by Crippen LogP contribution is -1.95. The Hall–Kier alpha value is -6.00. The highest BCUT2D eigenvalue weighted by Crippen LogP contribution is 2.39. The molecule has 0 amide bonds. The zero-order valence-corrected chi connectivity index (χ0v) is 23.8. The van der Waals surface area contributed by atoms with Gasteiger partial charge in [-0.2, -0.15) is 0 Å². The van der Waals surface area contributed by atoms with Gasteiger partial charge in [0.15, 0.2) is 5.82 Å². The normalized spacial score (nSPS) is 11.6. The van der Waals surface area contributed by atoms with Gasteiger partial charge in [-0.1, -0.05) is 84.9 Å². The van der Waals surface area contributed by atoms with Gasteiger partial charge in [-0.15, -0.1) is 0 Å². The SMILES string of the molecule is c1ccc(-c2ccnc(-c3ccc(-n4c5ccccc5c5cc6c(cc54)c4ccccc4n6-c4ccccc4)cc3)n2)cc1. The minimum atomic E-state index is 0.718. The molecule has 0 fully saturated rings. The standard InChI is InChI=1S/C40H26N4/c1-3-11-27(12-4-1)35-23-24-41-40(42-35)28-19-21-30(22-20-28)44-37-18-10-8-16-32(37)34-25-38-33(26-39(34)44)31-15-7-9-17-36(31)43(38)29-13-5-2-6-14-29/h1-26H. The van der Waals surface area contributed by atoms with Crippen LogP contribution in [0.25, 0.3) is 77.6 Å². The maximum absolute atomic E-state index is 4.88. The quantitative estimate of drug-likeness (QED) is 0.214. The summed E-state index contributed by atoms with van der Waals surface area (Å²) in [6, 6.07) is 53.6. The Labute approximate surface area is 254 Å². The Bertz CT molecular complexity index is 2470. The Morgan fingerprint density at radius 2 is 0.909 bits per heavy atom. The van der Waals surface area contributed by atoms with Crippen LogP contribution in [0.1, 0.15) is 0 Å². The summed E-state index contributed by atoms with van der Waals surface area (Å²) in [5, 5.41) is 4.95. The van der Waals surface area contributed by atoms with Crippen LogP contribution in [0.2, 0.25) is 0 Å². The number of benzene rings is 6. The number of hydrogen-bond donors (Lipinski definition) is 0. The summed E-state index contributed by atoms with van der Waals surface area (Å²) in [6.07, 6.45) is 1.84. The van der Waals surface area contributed by atoms with Gasteiger partial charge in [-0.05, 0) is 66.7 Å². The first kappa shape index (κ1) is 24.6. The highest BCUT2D eigenvalue weighted by molar-refractivity contribution is 6.19. The van der Waals surface area contributed by atoms with E-state index in [0.717, 1.165) is 34.0 Å². The van der Waals surface area contributed by atoms with Crippen molar-refractivity contribution in [2.75, 3.05) is 0 Å². The summed E-state index contributed by atoms with van der Waals surface area (Å²) in [7, 11) is 0. The summed E-state index contributed by atoms with van der Waals surface area (Å²) in [5.41, 5.74) is 10.0. The first-order valence-electron chi connectivity index (χ1n) is 14.8. The fourth-order valence-corrected chi connectivity index (χ4v) is 6.59. The maximum Gasteiger partial charge on any atom is 0.159 e. The summed E-state index contributed by atoms with van der Waals surface area (Å²) >= 11 is 0. The molecule has 44 heavy (non-hydrogen) atoms. The van der Waals surface area contributed by atoms with Gasteiger partial charge in [0, 0.05) is 50.2 Å². The molecule has 206 valence electrons. The largest absolute Gasteiger partial charge is 0.309 e. The lowest BCUT2D eigenvalue weighted by molar-refractivity contribution is 1.16. The lowest BCUT2D eigenvalue weighted by Gasteiger charge is -2.10. The third-order valence-corrected chi connectivity index (χ3v) is 8.59.